The molecule has 2 fully saturated rings. The van der Waals surface area contributed by atoms with Gasteiger partial charge in [0, 0.05) is 65.3 Å². The molecule has 0 aromatic rings. The number of rotatable bonds is 5. The summed E-state index contributed by atoms with van der Waals surface area (Å²) in [5.74, 6) is 0.0354. The number of nitrogens with one attached hydrogen (secondary N) is 2. The molecule has 0 aromatic heterocycles. The summed E-state index contributed by atoms with van der Waals surface area (Å²) in [5, 5.41) is 16.4. The SMILES string of the molecule is CC(=O)NC1CCN(CC(O)CN2CCNCC2)C1. The van der Waals surface area contributed by atoms with E-state index in [0.29, 0.717) is 6.54 Å². The van der Waals surface area contributed by atoms with Gasteiger partial charge in [0.25, 0.3) is 0 Å². The number of β-amino-alcohol motifs (C(OH)–C–C–N with tert-alkyl or cyclic N) is 1. The number of piperazine rings is 1. The van der Waals surface area contributed by atoms with Crippen molar-refractivity contribution in [2.24, 2.45) is 0 Å². The lowest BCUT2D eigenvalue weighted by atomic mass is 10.2. The van der Waals surface area contributed by atoms with Gasteiger partial charge in [0.1, 0.15) is 0 Å². The summed E-state index contributed by atoms with van der Waals surface area (Å²) in [6, 6.07) is 0.254. The van der Waals surface area contributed by atoms with Crippen LogP contribution in [0, 0.1) is 0 Å². The molecule has 2 rings (SSSR count). The molecule has 2 aliphatic rings. The number of nitrogens with zero attached hydrogens (tertiary/aromatic N) is 2. The van der Waals surface area contributed by atoms with Crippen molar-refractivity contribution in [3.8, 4) is 0 Å². The van der Waals surface area contributed by atoms with Gasteiger partial charge < -0.3 is 15.7 Å². The smallest absolute Gasteiger partial charge is 0.217 e. The zero-order chi connectivity index (χ0) is 13.7. The second-order valence-electron chi connectivity index (χ2n) is 5.65. The minimum Gasteiger partial charge on any atom is -0.390 e. The summed E-state index contributed by atoms with van der Waals surface area (Å²) in [4.78, 5) is 15.6. The van der Waals surface area contributed by atoms with Crippen molar-refractivity contribution in [1.82, 2.24) is 20.4 Å². The first-order valence-corrected chi connectivity index (χ1v) is 7.24. The molecule has 0 radical (unpaired) electrons. The number of carbonyl (C=O) groups excluding carboxylic acids is 1. The van der Waals surface area contributed by atoms with Gasteiger partial charge in [0.2, 0.25) is 5.91 Å². The fourth-order valence-corrected chi connectivity index (χ4v) is 2.95. The molecular formula is C13H26N4O2. The number of likely N-dealkylation sites (tertiary alicyclic amines) is 1. The van der Waals surface area contributed by atoms with Crippen LogP contribution >= 0.6 is 0 Å². The molecule has 0 bridgehead atoms. The third-order valence-corrected chi connectivity index (χ3v) is 3.83. The average Bonchev–Trinajstić information content (AvgIpc) is 2.76. The molecule has 6 nitrogen and oxygen atoms in total. The molecule has 110 valence electrons. The second kappa shape index (κ2) is 7.19. The van der Waals surface area contributed by atoms with Crippen molar-refractivity contribution in [3.05, 3.63) is 0 Å². The Bertz CT molecular complexity index is 294. The Balaban J connectivity index is 1.65. The van der Waals surface area contributed by atoms with Crippen LogP contribution in [-0.2, 0) is 4.79 Å². The van der Waals surface area contributed by atoms with E-state index in [1.165, 1.54) is 0 Å². The summed E-state index contributed by atoms with van der Waals surface area (Å²) in [6.45, 7) is 8.91. The van der Waals surface area contributed by atoms with Crippen LogP contribution in [0.25, 0.3) is 0 Å². The zero-order valence-electron chi connectivity index (χ0n) is 11.8. The van der Waals surface area contributed by atoms with Crippen molar-refractivity contribution in [2.75, 3.05) is 52.4 Å². The molecule has 2 aliphatic heterocycles. The molecule has 2 saturated heterocycles. The highest BCUT2D eigenvalue weighted by molar-refractivity contribution is 5.73. The Morgan fingerprint density at radius 1 is 1.32 bits per heavy atom. The van der Waals surface area contributed by atoms with E-state index in [0.717, 1.165) is 52.2 Å². The molecule has 0 aromatic carbocycles. The standard InChI is InChI=1S/C13H26N4O2/c1-11(18)15-12-2-5-17(8-12)10-13(19)9-16-6-3-14-4-7-16/h12-14,19H,2-10H2,1H3,(H,15,18). The minimum absolute atomic E-state index is 0.0354. The summed E-state index contributed by atoms with van der Waals surface area (Å²) in [5.41, 5.74) is 0. The topological polar surface area (TPSA) is 67.8 Å². The monoisotopic (exact) mass is 270 g/mol. The molecule has 0 aliphatic carbocycles. The first kappa shape index (κ1) is 14.7. The van der Waals surface area contributed by atoms with Crippen LogP contribution < -0.4 is 10.6 Å². The van der Waals surface area contributed by atoms with Crippen molar-refractivity contribution < 1.29 is 9.90 Å². The number of aliphatic hydroxyl groups is 1. The van der Waals surface area contributed by atoms with Gasteiger partial charge in [0.05, 0.1) is 6.10 Å². The largest absolute Gasteiger partial charge is 0.390 e. The van der Waals surface area contributed by atoms with E-state index in [-0.39, 0.29) is 18.1 Å². The van der Waals surface area contributed by atoms with Gasteiger partial charge in [-0.05, 0) is 6.42 Å². The van der Waals surface area contributed by atoms with Crippen molar-refractivity contribution in [2.45, 2.75) is 25.5 Å². The van der Waals surface area contributed by atoms with Crippen molar-refractivity contribution >= 4 is 5.91 Å². The van der Waals surface area contributed by atoms with Gasteiger partial charge in [-0.25, -0.2) is 0 Å². The maximum atomic E-state index is 11.0. The van der Waals surface area contributed by atoms with E-state index in [9.17, 15) is 9.90 Å². The molecule has 1 amide bonds. The minimum atomic E-state index is -0.297. The van der Waals surface area contributed by atoms with Crippen molar-refractivity contribution in [1.29, 1.82) is 0 Å². The van der Waals surface area contributed by atoms with E-state index < -0.39 is 0 Å². The molecular weight excluding hydrogens is 244 g/mol. The van der Waals surface area contributed by atoms with E-state index in [4.69, 9.17) is 0 Å². The quantitative estimate of drug-likeness (QED) is 0.565. The van der Waals surface area contributed by atoms with Gasteiger partial charge in [-0.1, -0.05) is 0 Å². The van der Waals surface area contributed by atoms with Crippen LogP contribution in [0.1, 0.15) is 13.3 Å². The average molecular weight is 270 g/mol. The number of hydrogen-bond acceptors (Lipinski definition) is 5. The van der Waals surface area contributed by atoms with Crippen molar-refractivity contribution in [3.63, 3.8) is 0 Å². The third kappa shape index (κ3) is 5.06. The highest BCUT2D eigenvalue weighted by atomic mass is 16.3. The van der Waals surface area contributed by atoms with E-state index in [2.05, 4.69) is 20.4 Å². The van der Waals surface area contributed by atoms with Crippen LogP contribution in [0.4, 0.5) is 0 Å². The lowest BCUT2D eigenvalue weighted by Gasteiger charge is -2.30. The van der Waals surface area contributed by atoms with Gasteiger partial charge in [-0.15, -0.1) is 0 Å². The molecule has 2 atom stereocenters. The van der Waals surface area contributed by atoms with Crippen LogP contribution in [0.15, 0.2) is 0 Å². The third-order valence-electron chi connectivity index (χ3n) is 3.83. The predicted molar refractivity (Wildman–Crippen MR) is 74.0 cm³/mol. The number of hydrogen-bond donors (Lipinski definition) is 3. The first-order valence-electron chi connectivity index (χ1n) is 7.24. The lowest BCUT2D eigenvalue weighted by Crippen LogP contribution is -2.48. The number of aliphatic hydroxyl groups excluding tert-OH is 1. The fraction of sp³-hybridized carbons (Fsp3) is 0.923. The van der Waals surface area contributed by atoms with Gasteiger partial charge in [-0.2, -0.15) is 0 Å². The summed E-state index contributed by atoms with van der Waals surface area (Å²) >= 11 is 0. The normalized spacial score (nSPS) is 27.4. The second-order valence-corrected chi connectivity index (χ2v) is 5.65. The van der Waals surface area contributed by atoms with Crippen LogP contribution in [-0.4, -0.2) is 85.3 Å². The van der Waals surface area contributed by atoms with E-state index in [1.54, 1.807) is 6.92 Å². The summed E-state index contributed by atoms with van der Waals surface area (Å²) < 4.78 is 0. The van der Waals surface area contributed by atoms with Crippen LogP contribution in [0.2, 0.25) is 0 Å². The van der Waals surface area contributed by atoms with Gasteiger partial charge in [-0.3, -0.25) is 14.6 Å². The Kier molecular flexibility index (Phi) is 5.57. The Morgan fingerprint density at radius 2 is 2.00 bits per heavy atom. The molecule has 2 unspecified atom stereocenters. The molecule has 2 heterocycles. The van der Waals surface area contributed by atoms with E-state index in [1.807, 2.05) is 0 Å². The van der Waals surface area contributed by atoms with E-state index >= 15 is 0 Å². The Hall–Kier alpha value is -0.690. The van der Waals surface area contributed by atoms with Gasteiger partial charge in [0.15, 0.2) is 0 Å². The lowest BCUT2D eigenvalue weighted by molar-refractivity contribution is -0.119. The Morgan fingerprint density at radius 3 is 2.68 bits per heavy atom. The summed E-state index contributed by atoms with van der Waals surface area (Å²) in [7, 11) is 0. The van der Waals surface area contributed by atoms with Crippen LogP contribution in [0.5, 0.6) is 0 Å². The Labute approximate surface area is 115 Å². The summed E-state index contributed by atoms with van der Waals surface area (Å²) in [6.07, 6.45) is 0.689. The number of amides is 1. The predicted octanol–water partition coefficient (Wildman–Crippen LogP) is -1.54. The molecule has 3 N–H and O–H groups in total. The first-order chi connectivity index (χ1) is 9.13. The molecule has 0 saturated carbocycles. The highest BCUT2D eigenvalue weighted by Gasteiger charge is 2.25. The maximum Gasteiger partial charge on any atom is 0.217 e. The fourth-order valence-electron chi connectivity index (χ4n) is 2.95. The maximum absolute atomic E-state index is 11.0. The molecule has 6 heteroatoms. The highest BCUT2D eigenvalue weighted by Crippen LogP contribution is 2.10. The molecule has 19 heavy (non-hydrogen) atoms. The number of carbonyl (C=O) groups is 1. The molecule has 0 spiro atoms. The van der Waals surface area contributed by atoms with Crippen LogP contribution in [0.3, 0.4) is 0 Å². The zero-order valence-corrected chi connectivity index (χ0v) is 11.8. The van der Waals surface area contributed by atoms with Gasteiger partial charge >= 0.3 is 0 Å².